The first-order valence-corrected chi connectivity index (χ1v) is 6.87. The van der Waals surface area contributed by atoms with Crippen LogP contribution in [0.2, 0.25) is 5.02 Å². The monoisotopic (exact) mass is 268 g/mol. The quantitative estimate of drug-likeness (QED) is 0.912. The number of hydrogen-bond acceptors (Lipinski definition) is 3. The lowest BCUT2D eigenvalue weighted by atomic mass is 10.1. The van der Waals surface area contributed by atoms with E-state index in [1.54, 1.807) is 7.11 Å². The number of methoxy groups -OCH3 is 1. The highest BCUT2D eigenvalue weighted by Gasteiger charge is 2.26. The van der Waals surface area contributed by atoms with E-state index in [0.717, 1.165) is 36.0 Å². The topological polar surface area (TPSA) is 24.5 Å². The van der Waals surface area contributed by atoms with Crippen LogP contribution in [-0.4, -0.2) is 32.3 Å². The van der Waals surface area contributed by atoms with E-state index in [9.17, 15) is 0 Å². The van der Waals surface area contributed by atoms with Crippen molar-refractivity contribution in [2.24, 2.45) is 0 Å². The summed E-state index contributed by atoms with van der Waals surface area (Å²) in [4.78, 5) is 2.41. The van der Waals surface area contributed by atoms with Gasteiger partial charge in [0.2, 0.25) is 0 Å². The van der Waals surface area contributed by atoms with Gasteiger partial charge in [0.05, 0.1) is 12.8 Å². The standard InChI is InChI=1S/C14H21ClN2O/c1-4-12-8-16-10(2)9-17(12)13-7-11(15)5-6-14(13)18-3/h5-7,10,12,16H,4,8-9H2,1-3H3. The molecule has 0 spiro atoms. The van der Waals surface area contributed by atoms with Crippen molar-refractivity contribution in [2.45, 2.75) is 32.4 Å². The maximum absolute atomic E-state index is 6.12. The first-order chi connectivity index (χ1) is 8.65. The normalized spacial score (nSPS) is 24.1. The van der Waals surface area contributed by atoms with Gasteiger partial charge in [0.15, 0.2) is 0 Å². The van der Waals surface area contributed by atoms with Gasteiger partial charge in [0.1, 0.15) is 5.75 Å². The Balaban J connectivity index is 2.34. The van der Waals surface area contributed by atoms with Crippen LogP contribution < -0.4 is 15.0 Å². The van der Waals surface area contributed by atoms with Gasteiger partial charge in [0, 0.05) is 30.2 Å². The summed E-state index contributed by atoms with van der Waals surface area (Å²) >= 11 is 6.12. The van der Waals surface area contributed by atoms with Crippen molar-refractivity contribution >= 4 is 17.3 Å². The summed E-state index contributed by atoms with van der Waals surface area (Å²) in [5.74, 6) is 0.895. The summed E-state index contributed by atoms with van der Waals surface area (Å²) in [6.07, 6.45) is 1.11. The summed E-state index contributed by atoms with van der Waals surface area (Å²) < 4.78 is 5.46. The highest BCUT2D eigenvalue weighted by molar-refractivity contribution is 6.30. The van der Waals surface area contributed by atoms with Gasteiger partial charge < -0.3 is 15.0 Å². The predicted molar refractivity (Wildman–Crippen MR) is 76.9 cm³/mol. The van der Waals surface area contributed by atoms with Gasteiger partial charge >= 0.3 is 0 Å². The van der Waals surface area contributed by atoms with Crippen molar-refractivity contribution in [3.05, 3.63) is 23.2 Å². The summed E-state index contributed by atoms with van der Waals surface area (Å²) in [7, 11) is 1.71. The number of rotatable bonds is 3. The van der Waals surface area contributed by atoms with Crippen molar-refractivity contribution in [2.75, 3.05) is 25.1 Å². The zero-order valence-electron chi connectivity index (χ0n) is 11.2. The number of anilines is 1. The van der Waals surface area contributed by atoms with E-state index in [4.69, 9.17) is 16.3 Å². The molecule has 0 amide bonds. The fourth-order valence-electron chi connectivity index (χ4n) is 2.50. The largest absolute Gasteiger partial charge is 0.495 e. The zero-order valence-corrected chi connectivity index (χ0v) is 12.0. The van der Waals surface area contributed by atoms with E-state index in [0.29, 0.717) is 12.1 Å². The zero-order chi connectivity index (χ0) is 13.1. The lowest BCUT2D eigenvalue weighted by Crippen LogP contribution is -2.55. The molecule has 0 aromatic heterocycles. The van der Waals surface area contributed by atoms with E-state index < -0.39 is 0 Å². The Kier molecular flexibility index (Phi) is 4.36. The third-order valence-corrected chi connectivity index (χ3v) is 3.77. The molecule has 2 unspecified atom stereocenters. The lowest BCUT2D eigenvalue weighted by molar-refractivity contribution is 0.385. The molecule has 1 aromatic carbocycles. The second-order valence-corrected chi connectivity index (χ2v) is 5.28. The number of benzene rings is 1. The Labute approximate surface area is 114 Å². The van der Waals surface area contributed by atoms with Crippen LogP contribution in [0, 0.1) is 0 Å². The van der Waals surface area contributed by atoms with Crippen LogP contribution in [-0.2, 0) is 0 Å². The molecule has 0 radical (unpaired) electrons. The smallest absolute Gasteiger partial charge is 0.142 e. The number of hydrogen-bond donors (Lipinski definition) is 1. The molecule has 100 valence electrons. The number of nitrogens with zero attached hydrogens (tertiary/aromatic N) is 1. The number of piperazine rings is 1. The number of ether oxygens (including phenoxy) is 1. The molecule has 1 heterocycles. The Morgan fingerprint density at radius 3 is 2.94 bits per heavy atom. The molecule has 3 nitrogen and oxygen atoms in total. The molecule has 1 fully saturated rings. The summed E-state index contributed by atoms with van der Waals surface area (Å²) in [6, 6.07) is 6.79. The molecular weight excluding hydrogens is 248 g/mol. The SMILES string of the molecule is CCC1CNC(C)CN1c1cc(Cl)ccc1OC. The summed E-state index contributed by atoms with van der Waals surface area (Å²) in [5.41, 5.74) is 1.10. The Hall–Kier alpha value is -0.930. The maximum Gasteiger partial charge on any atom is 0.142 e. The Morgan fingerprint density at radius 2 is 2.28 bits per heavy atom. The highest BCUT2D eigenvalue weighted by Crippen LogP contribution is 2.33. The van der Waals surface area contributed by atoms with Crippen LogP contribution in [0.5, 0.6) is 5.75 Å². The van der Waals surface area contributed by atoms with Crippen LogP contribution in [0.25, 0.3) is 0 Å². The van der Waals surface area contributed by atoms with Gasteiger partial charge in [-0.25, -0.2) is 0 Å². The number of halogens is 1. The van der Waals surface area contributed by atoms with Gasteiger partial charge in [-0.05, 0) is 31.5 Å². The average Bonchev–Trinajstić information content (AvgIpc) is 2.38. The lowest BCUT2D eigenvalue weighted by Gasteiger charge is -2.41. The molecule has 1 aliphatic heterocycles. The van der Waals surface area contributed by atoms with E-state index in [1.807, 2.05) is 18.2 Å². The molecule has 4 heteroatoms. The molecule has 2 rings (SSSR count). The van der Waals surface area contributed by atoms with Crippen LogP contribution in [0.15, 0.2) is 18.2 Å². The molecule has 0 bridgehead atoms. The van der Waals surface area contributed by atoms with Gasteiger partial charge in [-0.15, -0.1) is 0 Å². The summed E-state index contributed by atoms with van der Waals surface area (Å²) in [6.45, 7) is 6.41. The van der Waals surface area contributed by atoms with Crippen molar-refractivity contribution in [3.63, 3.8) is 0 Å². The Morgan fingerprint density at radius 1 is 1.50 bits per heavy atom. The van der Waals surface area contributed by atoms with Gasteiger partial charge in [-0.3, -0.25) is 0 Å². The van der Waals surface area contributed by atoms with E-state index in [2.05, 4.69) is 24.1 Å². The first kappa shape index (κ1) is 13.5. The van der Waals surface area contributed by atoms with Crippen LogP contribution >= 0.6 is 11.6 Å². The summed E-state index contributed by atoms with van der Waals surface area (Å²) in [5, 5.41) is 4.28. The van der Waals surface area contributed by atoms with E-state index in [-0.39, 0.29) is 0 Å². The predicted octanol–water partition coefficient (Wildman–Crippen LogP) is 2.93. The van der Waals surface area contributed by atoms with Crippen molar-refractivity contribution in [1.82, 2.24) is 5.32 Å². The van der Waals surface area contributed by atoms with Crippen molar-refractivity contribution < 1.29 is 4.74 Å². The molecule has 1 aliphatic rings. The third-order valence-electron chi connectivity index (χ3n) is 3.53. The van der Waals surface area contributed by atoms with Crippen molar-refractivity contribution in [1.29, 1.82) is 0 Å². The molecule has 1 saturated heterocycles. The molecule has 2 atom stereocenters. The van der Waals surface area contributed by atoms with E-state index >= 15 is 0 Å². The fourth-order valence-corrected chi connectivity index (χ4v) is 2.67. The van der Waals surface area contributed by atoms with Crippen LogP contribution in [0.4, 0.5) is 5.69 Å². The minimum absolute atomic E-state index is 0.483. The van der Waals surface area contributed by atoms with Gasteiger partial charge in [-0.2, -0.15) is 0 Å². The van der Waals surface area contributed by atoms with E-state index in [1.165, 1.54) is 0 Å². The second-order valence-electron chi connectivity index (χ2n) is 4.84. The van der Waals surface area contributed by atoms with Gasteiger partial charge in [0.25, 0.3) is 0 Å². The molecule has 18 heavy (non-hydrogen) atoms. The Bertz CT molecular complexity index is 411. The first-order valence-electron chi connectivity index (χ1n) is 6.49. The average molecular weight is 269 g/mol. The molecule has 0 aliphatic carbocycles. The minimum Gasteiger partial charge on any atom is -0.495 e. The minimum atomic E-state index is 0.483. The highest BCUT2D eigenvalue weighted by atomic mass is 35.5. The van der Waals surface area contributed by atoms with Crippen LogP contribution in [0.3, 0.4) is 0 Å². The fraction of sp³-hybridized carbons (Fsp3) is 0.571. The second kappa shape index (κ2) is 5.81. The molecule has 1 N–H and O–H groups in total. The maximum atomic E-state index is 6.12. The van der Waals surface area contributed by atoms with Gasteiger partial charge in [-0.1, -0.05) is 18.5 Å². The molecule has 1 aromatic rings. The molecular formula is C14H21ClN2O. The molecule has 0 saturated carbocycles. The number of nitrogens with one attached hydrogen (secondary N) is 1. The third kappa shape index (κ3) is 2.73. The van der Waals surface area contributed by atoms with Crippen molar-refractivity contribution in [3.8, 4) is 5.75 Å². The van der Waals surface area contributed by atoms with Crippen LogP contribution in [0.1, 0.15) is 20.3 Å².